The minimum Gasteiger partial charge on any atom is -0.491 e. The van der Waals surface area contributed by atoms with Crippen LogP contribution in [0.15, 0.2) is 42.5 Å². The average Bonchev–Trinajstić information content (AvgIpc) is 2.74. The zero-order valence-corrected chi connectivity index (χ0v) is 17.3. The first-order valence-corrected chi connectivity index (χ1v) is 10.4. The Labute approximate surface area is 180 Å². The van der Waals surface area contributed by atoms with E-state index < -0.39 is 11.6 Å². The second-order valence-electron chi connectivity index (χ2n) is 7.71. The molecule has 166 valence electrons. The summed E-state index contributed by atoms with van der Waals surface area (Å²) in [6.45, 7) is 2.26. The van der Waals surface area contributed by atoms with Gasteiger partial charge in [0.15, 0.2) is 11.6 Å². The monoisotopic (exact) mass is 431 g/mol. The van der Waals surface area contributed by atoms with E-state index in [1.807, 2.05) is 24.3 Å². The summed E-state index contributed by atoms with van der Waals surface area (Å²) < 4.78 is 31.7. The zero-order valence-electron chi connectivity index (χ0n) is 17.3. The third kappa shape index (κ3) is 6.75. The van der Waals surface area contributed by atoms with Gasteiger partial charge in [-0.3, -0.25) is 14.5 Å². The van der Waals surface area contributed by atoms with Crippen LogP contribution in [0.5, 0.6) is 5.75 Å². The standard InChI is InChI=1S/C23H27F2N3O3/c24-18-9-10-21(19(25)13-18)31-12-4-8-22(29)27-20-7-2-1-5-16(20)14-28-11-3-6-17(15-28)23(26)30/h1-2,5,7,9-10,13,17H,3-4,6,8,11-12,14-15H2,(H2,26,30)(H,27,29). The number of nitrogens with one attached hydrogen (secondary N) is 1. The Hall–Kier alpha value is -3.00. The number of para-hydroxylation sites is 1. The predicted octanol–water partition coefficient (Wildman–Crippen LogP) is 3.46. The maximum atomic E-state index is 13.6. The number of hydrogen-bond donors (Lipinski definition) is 2. The molecule has 0 saturated carbocycles. The van der Waals surface area contributed by atoms with Crippen molar-refractivity contribution in [2.45, 2.75) is 32.2 Å². The quantitative estimate of drug-likeness (QED) is 0.596. The molecule has 3 rings (SSSR count). The van der Waals surface area contributed by atoms with Crippen molar-refractivity contribution < 1.29 is 23.1 Å². The van der Waals surface area contributed by atoms with Crippen LogP contribution in [0, 0.1) is 17.6 Å². The first-order chi connectivity index (χ1) is 14.9. The summed E-state index contributed by atoms with van der Waals surface area (Å²) in [5.41, 5.74) is 7.14. The topological polar surface area (TPSA) is 84.7 Å². The Kier molecular flexibility index (Phi) is 7.94. The Bertz CT molecular complexity index is 923. The van der Waals surface area contributed by atoms with Crippen molar-refractivity contribution in [3.63, 3.8) is 0 Å². The first kappa shape index (κ1) is 22.7. The second-order valence-corrected chi connectivity index (χ2v) is 7.71. The summed E-state index contributed by atoms with van der Waals surface area (Å²) in [5.74, 6) is -2.06. The van der Waals surface area contributed by atoms with Crippen LogP contribution in [-0.4, -0.2) is 36.4 Å². The smallest absolute Gasteiger partial charge is 0.224 e. The van der Waals surface area contributed by atoms with Crippen LogP contribution in [0.3, 0.4) is 0 Å². The molecule has 1 aliphatic rings. The number of carbonyl (C=O) groups is 2. The number of piperidine rings is 1. The highest BCUT2D eigenvalue weighted by Crippen LogP contribution is 2.23. The van der Waals surface area contributed by atoms with Crippen LogP contribution in [-0.2, 0) is 16.1 Å². The van der Waals surface area contributed by atoms with Crippen LogP contribution in [0.2, 0.25) is 0 Å². The molecule has 0 bridgehead atoms. The molecule has 2 aromatic carbocycles. The van der Waals surface area contributed by atoms with Gasteiger partial charge < -0.3 is 15.8 Å². The number of anilines is 1. The molecule has 1 heterocycles. The number of ether oxygens (including phenoxy) is 1. The minimum absolute atomic E-state index is 0.0389. The largest absolute Gasteiger partial charge is 0.491 e. The Morgan fingerprint density at radius 3 is 2.77 bits per heavy atom. The van der Waals surface area contributed by atoms with Gasteiger partial charge in [-0.15, -0.1) is 0 Å². The number of hydrogen-bond acceptors (Lipinski definition) is 4. The van der Waals surface area contributed by atoms with Crippen molar-refractivity contribution >= 4 is 17.5 Å². The van der Waals surface area contributed by atoms with Gasteiger partial charge in [-0.05, 0) is 49.6 Å². The molecular formula is C23H27F2N3O3. The number of nitrogens with two attached hydrogens (primary N) is 1. The van der Waals surface area contributed by atoms with Crippen molar-refractivity contribution in [1.82, 2.24) is 4.90 Å². The molecule has 31 heavy (non-hydrogen) atoms. The molecule has 0 spiro atoms. The molecule has 3 N–H and O–H groups in total. The second kappa shape index (κ2) is 10.9. The molecular weight excluding hydrogens is 404 g/mol. The molecule has 1 fully saturated rings. The predicted molar refractivity (Wildman–Crippen MR) is 113 cm³/mol. The Morgan fingerprint density at radius 1 is 1.19 bits per heavy atom. The normalized spacial score (nSPS) is 16.6. The molecule has 0 radical (unpaired) electrons. The fourth-order valence-corrected chi connectivity index (χ4v) is 3.67. The fraction of sp³-hybridized carbons (Fsp3) is 0.391. The number of rotatable bonds is 9. The van der Waals surface area contributed by atoms with Crippen molar-refractivity contribution in [3.05, 3.63) is 59.7 Å². The highest BCUT2D eigenvalue weighted by atomic mass is 19.1. The molecule has 2 aromatic rings. The fourth-order valence-electron chi connectivity index (χ4n) is 3.67. The molecule has 1 aliphatic heterocycles. The maximum absolute atomic E-state index is 13.6. The summed E-state index contributed by atoms with van der Waals surface area (Å²) in [7, 11) is 0. The SMILES string of the molecule is NC(=O)C1CCCN(Cc2ccccc2NC(=O)CCCOc2ccc(F)cc2F)C1. The summed E-state index contributed by atoms with van der Waals surface area (Å²) in [4.78, 5) is 26.0. The number of nitrogens with zero attached hydrogens (tertiary/aromatic N) is 1. The van der Waals surface area contributed by atoms with Crippen LogP contribution in [0.4, 0.5) is 14.5 Å². The Morgan fingerprint density at radius 2 is 2.00 bits per heavy atom. The number of halogens is 2. The van der Waals surface area contributed by atoms with Crippen LogP contribution in [0.1, 0.15) is 31.2 Å². The van der Waals surface area contributed by atoms with E-state index in [1.54, 1.807) is 0 Å². The number of likely N-dealkylation sites (tertiary alicyclic amines) is 1. The first-order valence-electron chi connectivity index (χ1n) is 10.4. The van der Waals surface area contributed by atoms with Gasteiger partial charge in [0.2, 0.25) is 11.8 Å². The number of amides is 2. The summed E-state index contributed by atoms with van der Waals surface area (Å²) in [6.07, 6.45) is 2.31. The van der Waals surface area contributed by atoms with E-state index in [-0.39, 0.29) is 36.5 Å². The number of carbonyl (C=O) groups excluding carboxylic acids is 2. The van der Waals surface area contributed by atoms with E-state index in [0.717, 1.165) is 42.8 Å². The average molecular weight is 431 g/mol. The lowest BCUT2D eigenvalue weighted by atomic mass is 9.97. The van der Waals surface area contributed by atoms with E-state index in [9.17, 15) is 18.4 Å². The van der Waals surface area contributed by atoms with Crippen LogP contribution < -0.4 is 15.8 Å². The van der Waals surface area contributed by atoms with Crippen molar-refractivity contribution in [2.75, 3.05) is 25.0 Å². The van der Waals surface area contributed by atoms with Gasteiger partial charge in [0.1, 0.15) is 5.82 Å². The lowest BCUT2D eigenvalue weighted by molar-refractivity contribution is -0.123. The summed E-state index contributed by atoms with van der Waals surface area (Å²) in [6, 6.07) is 10.7. The molecule has 1 saturated heterocycles. The highest BCUT2D eigenvalue weighted by Gasteiger charge is 2.24. The third-order valence-electron chi connectivity index (χ3n) is 5.29. The molecule has 1 unspecified atom stereocenters. The lowest BCUT2D eigenvalue weighted by Gasteiger charge is -2.31. The van der Waals surface area contributed by atoms with Gasteiger partial charge in [-0.25, -0.2) is 8.78 Å². The van der Waals surface area contributed by atoms with Crippen LogP contribution in [0.25, 0.3) is 0 Å². The van der Waals surface area contributed by atoms with Crippen molar-refractivity contribution in [1.29, 1.82) is 0 Å². The van der Waals surface area contributed by atoms with Gasteiger partial charge in [0, 0.05) is 31.3 Å². The molecule has 1 atom stereocenters. The summed E-state index contributed by atoms with van der Waals surface area (Å²) in [5, 5.41) is 2.92. The zero-order chi connectivity index (χ0) is 22.2. The van der Waals surface area contributed by atoms with Crippen LogP contribution >= 0.6 is 0 Å². The highest BCUT2D eigenvalue weighted by molar-refractivity contribution is 5.91. The molecule has 8 heteroatoms. The van der Waals surface area contributed by atoms with Gasteiger partial charge in [0.05, 0.1) is 12.5 Å². The lowest BCUT2D eigenvalue weighted by Crippen LogP contribution is -2.40. The number of primary amides is 1. The van der Waals surface area contributed by atoms with E-state index in [4.69, 9.17) is 10.5 Å². The van der Waals surface area contributed by atoms with Crippen molar-refractivity contribution in [3.8, 4) is 5.75 Å². The van der Waals surface area contributed by atoms with E-state index in [2.05, 4.69) is 10.2 Å². The molecule has 6 nitrogen and oxygen atoms in total. The third-order valence-corrected chi connectivity index (χ3v) is 5.29. The molecule has 2 amide bonds. The van der Waals surface area contributed by atoms with Crippen molar-refractivity contribution in [2.24, 2.45) is 11.7 Å². The van der Waals surface area contributed by atoms with Gasteiger partial charge in [-0.1, -0.05) is 18.2 Å². The van der Waals surface area contributed by atoms with E-state index >= 15 is 0 Å². The Balaban J connectivity index is 1.48. The molecule has 0 aromatic heterocycles. The van der Waals surface area contributed by atoms with E-state index in [1.165, 1.54) is 6.07 Å². The van der Waals surface area contributed by atoms with Gasteiger partial charge >= 0.3 is 0 Å². The minimum atomic E-state index is -0.769. The van der Waals surface area contributed by atoms with Gasteiger partial charge in [0.25, 0.3) is 0 Å². The maximum Gasteiger partial charge on any atom is 0.224 e. The number of benzene rings is 2. The van der Waals surface area contributed by atoms with Gasteiger partial charge in [-0.2, -0.15) is 0 Å². The van der Waals surface area contributed by atoms with E-state index in [0.29, 0.717) is 19.5 Å². The molecule has 0 aliphatic carbocycles. The summed E-state index contributed by atoms with van der Waals surface area (Å²) >= 11 is 0.